The summed E-state index contributed by atoms with van der Waals surface area (Å²) in [7, 11) is 46.8. The standard InChI is InChI=1S/C21H21NO.C16H19NO.C15H16O2.C14H21NO.C13H19NO.C11H17NO.C9H19NO.C8H17NO.C8H16O2.C7H14O2.C5H12O2/c1-22(20-16-10-5-11-17-20)21(23-2,18-12-6-3-7-13-18)19-14-8-4-9-15-19;1-17(2)16(18-3,14-10-6-4-7-11-14)15-12-8-5-9-13-15;1-16-15(17-2,13-9-5-3-6-10-13)14-11-7-4-8-12-14;1-15(13-9-5-3-6-10-13)14(16-2)11-7-4-8-12-14;1-14(12-8-4-3-5-9-12)13(15-2)10-6-7-11-13;1-11(2,13-4)12(3)10-8-6-5-7-9-10;1-10(2)9(11-3)7-5-4-6-8-9;1-9(2)8(10-3)6-4-5-7-8;1-9-8(10-2)6-4-3-5-7-8;1-8-7(9-2)5-3-4-6-7;1-5(2,6-3)7-4/h3-17H,1-2H3;4-13H,1-3H3;3-12H,1-2H3;3,5-6,9-10H,4,7-8,11-12H2,1-2H3;3-5,8-9H,6-7,10-11H2,1-2H3;5-9H,1-4H3;4-8H2,1-3H3;4-7H2,1-3H3;3-7H2,1-2H3;3-6H2,1-2H3;1-4H3. The van der Waals surface area contributed by atoms with Gasteiger partial charge in [0, 0.05) is 217 Å². The van der Waals surface area contributed by atoms with Crippen molar-refractivity contribution in [2.45, 2.75) is 264 Å². The van der Waals surface area contributed by atoms with Gasteiger partial charge in [0.2, 0.25) is 5.79 Å². The summed E-state index contributed by atoms with van der Waals surface area (Å²) >= 11 is 0. The van der Waals surface area contributed by atoms with E-state index >= 15 is 0 Å². The number of nitrogens with zero attached hydrogens (tertiary/aromatic N) is 7. The number of ether oxygens (including phenoxy) is 15. The molecule has 0 saturated heterocycles. The minimum Gasteiger partial charge on any atom is -0.364 e. The Morgan fingerprint density at radius 1 is 0.195 bits per heavy atom. The summed E-state index contributed by atoms with van der Waals surface area (Å²) in [5, 5.41) is 0. The van der Waals surface area contributed by atoms with Crippen molar-refractivity contribution in [2.24, 2.45) is 0 Å². The van der Waals surface area contributed by atoms with Crippen molar-refractivity contribution in [3.63, 3.8) is 0 Å². The molecule has 6 aliphatic carbocycles. The first-order chi connectivity index (χ1) is 71.7. The molecule has 6 fully saturated rings. The molecule has 10 aromatic carbocycles. The summed E-state index contributed by atoms with van der Waals surface area (Å²) in [6, 6.07) is 103. The lowest BCUT2D eigenvalue weighted by atomic mass is 9.90. The van der Waals surface area contributed by atoms with E-state index in [2.05, 4.69) is 211 Å². The second-order valence-corrected chi connectivity index (χ2v) is 40.2. The molecule has 0 bridgehead atoms. The Bertz CT molecular complexity index is 4870. The van der Waals surface area contributed by atoms with E-state index in [9.17, 15) is 0 Å². The van der Waals surface area contributed by atoms with Crippen molar-refractivity contribution in [2.75, 3.05) is 197 Å². The third-order valence-corrected chi connectivity index (χ3v) is 31.0. The van der Waals surface area contributed by atoms with Gasteiger partial charge in [-0.2, -0.15) is 0 Å². The summed E-state index contributed by atoms with van der Waals surface area (Å²) in [4.78, 5) is 15.4. The van der Waals surface area contributed by atoms with Crippen LogP contribution in [0.3, 0.4) is 0 Å². The molecule has 824 valence electrons. The number of methoxy groups -OCH3 is 15. The fourth-order valence-corrected chi connectivity index (χ4v) is 20.6. The van der Waals surface area contributed by atoms with Gasteiger partial charge in [0.25, 0.3) is 0 Å². The topological polar surface area (TPSA) is 161 Å². The third-order valence-electron chi connectivity index (χ3n) is 31.0. The first kappa shape index (κ1) is 128. The lowest BCUT2D eigenvalue weighted by molar-refractivity contribution is -0.222. The first-order valence-electron chi connectivity index (χ1n) is 53.5. The van der Waals surface area contributed by atoms with Gasteiger partial charge in [-0.05, 0) is 247 Å². The highest BCUT2D eigenvalue weighted by molar-refractivity contribution is 5.55. The van der Waals surface area contributed by atoms with E-state index in [-0.39, 0.29) is 40.2 Å². The van der Waals surface area contributed by atoms with Crippen LogP contribution in [0.5, 0.6) is 0 Å². The van der Waals surface area contributed by atoms with Gasteiger partial charge in [-0.3, -0.25) is 14.7 Å². The van der Waals surface area contributed by atoms with Gasteiger partial charge in [-0.15, -0.1) is 0 Å². The molecule has 149 heavy (non-hydrogen) atoms. The summed E-state index contributed by atoms with van der Waals surface area (Å²) in [6.07, 6.45) is 32.8. The van der Waals surface area contributed by atoms with Crippen LogP contribution in [-0.4, -0.2) is 238 Å². The van der Waals surface area contributed by atoms with E-state index < -0.39 is 23.0 Å². The molecule has 0 heterocycles. The monoisotopic (exact) mass is 2050 g/mol. The summed E-state index contributed by atoms with van der Waals surface area (Å²) in [6.45, 7) is 7.79. The second kappa shape index (κ2) is 65.9. The molecule has 0 atom stereocenters. The summed E-state index contributed by atoms with van der Waals surface area (Å²) < 4.78 is 82.1. The highest BCUT2D eigenvalue weighted by Gasteiger charge is 2.44. The molecule has 0 aliphatic heterocycles. The van der Waals surface area contributed by atoms with Crippen LogP contribution in [0.25, 0.3) is 0 Å². The van der Waals surface area contributed by atoms with E-state index in [0.717, 1.165) is 96.1 Å². The fourth-order valence-electron chi connectivity index (χ4n) is 20.6. The normalized spacial score (nSPS) is 16.5. The van der Waals surface area contributed by atoms with Crippen LogP contribution < -0.4 is 19.6 Å². The average molecular weight is 2060 g/mol. The highest BCUT2D eigenvalue weighted by atomic mass is 16.7. The molecule has 0 spiro atoms. The zero-order valence-electron chi connectivity index (χ0n) is 96.7. The molecule has 22 heteroatoms. The van der Waals surface area contributed by atoms with Crippen LogP contribution >= 0.6 is 0 Å². The van der Waals surface area contributed by atoms with E-state index in [1.807, 2.05) is 253 Å². The first-order valence-corrected chi connectivity index (χ1v) is 53.5. The van der Waals surface area contributed by atoms with Crippen molar-refractivity contribution in [1.29, 1.82) is 0 Å². The maximum atomic E-state index is 6.15. The molecule has 0 aromatic heterocycles. The highest BCUT2D eigenvalue weighted by Crippen LogP contribution is 2.44. The zero-order valence-corrected chi connectivity index (χ0v) is 96.7. The molecule has 22 nitrogen and oxygen atoms in total. The zero-order chi connectivity index (χ0) is 109. The minimum atomic E-state index is -0.831. The molecular formula is C127H191N7O15. The van der Waals surface area contributed by atoms with Gasteiger partial charge in [0.1, 0.15) is 28.6 Å². The van der Waals surface area contributed by atoms with Gasteiger partial charge in [0.15, 0.2) is 28.8 Å². The van der Waals surface area contributed by atoms with E-state index in [1.54, 1.807) is 78.2 Å². The van der Waals surface area contributed by atoms with Gasteiger partial charge in [-0.25, -0.2) is 0 Å². The quantitative estimate of drug-likeness (QED) is 0.0366. The number of anilines is 4. The van der Waals surface area contributed by atoms with Gasteiger partial charge in [0.05, 0.1) is 0 Å². The molecular weight excluding hydrogens is 1860 g/mol. The summed E-state index contributed by atoms with van der Waals surface area (Å²) in [5.41, 5.74) is 9.65. The lowest BCUT2D eigenvalue weighted by Gasteiger charge is -2.44. The Hall–Kier alpha value is -9.32. The second-order valence-electron chi connectivity index (χ2n) is 40.2. The largest absolute Gasteiger partial charge is 0.364 e. The van der Waals surface area contributed by atoms with Crippen molar-refractivity contribution in [3.8, 4) is 0 Å². The number of benzene rings is 10. The molecule has 6 saturated carbocycles. The van der Waals surface area contributed by atoms with Crippen LogP contribution in [0.15, 0.2) is 303 Å². The number of hydrogen-bond acceptors (Lipinski definition) is 22. The number of rotatable bonds is 32. The van der Waals surface area contributed by atoms with Gasteiger partial charge < -0.3 is 90.7 Å². The van der Waals surface area contributed by atoms with Crippen LogP contribution in [0.2, 0.25) is 0 Å². The average Bonchev–Trinajstić information content (AvgIpc) is 1.12. The van der Waals surface area contributed by atoms with E-state index in [1.165, 1.54) is 133 Å². The Kier molecular flexibility index (Phi) is 56.8. The maximum absolute atomic E-state index is 6.15. The van der Waals surface area contributed by atoms with Crippen molar-refractivity contribution >= 4 is 22.7 Å². The molecule has 0 radical (unpaired) electrons. The van der Waals surface area contributed by atoms with Crippen molar-refractivity contribution in [1.82, 2.24) is 14.7 Å². The molecule has 6 aliphatic rings. The van der Waals surface area contributed by atoms with Gasteiger partial charge >= 0.3 is 0 Å². The molecule has 0 amide bonds. The Labute approximate surface area is 900 Å². The van der Waals surface area contributed by atoms with Crippen LogP contribution in [0, 0.1) is 0 Å². The predicted molar refractivity (Wildman–Crippen MR) is 616 cm³/mol. The lowest BCUT2D eigenvalue weighted by Crippen LogP contribution is -2.49. The Morgan fingerprint density at radius 3 is 0.597 bits per heavy atom. The SMILES string of the molecule is COC(C)(C)N(C)c1ccccc1.COC(C)(C)OC.COC(OC)(c1ccccc1)c1ccccc1.COC(c1ccccc1)(c1ccccc1)N(C)C.COC(c1ccccc1)(c1ccccc1)N(C)c1ccccc1.COC1(N(C)C)CCCC1.COC1(N(C)C)CCCCC1.COC1(N(C)c2ccccc2)CCCC1.COC1(N(C)c2ccccc2)CCCCC1.COC1(OC)CCCC1.COC1(OC)CCCCC1. The van der Waals surface area contributed by atoms with Crippen molar-refractivity contribution in [3.05, 3.63) is 337 Å². The maximum Gasteiger partial charge on any atom is 0.221 e. The van der Waals surface area contributed by atoms with Crippen LogP contribution in [0.1, 0.15) is 234 Å². The summed E-state index contributed by atoms with van der Waals surface area (Å²) in [5.74, 6) is -1.71. The molecule has 0 N–H and O–H groups in total. The Morgan fingerprint density at radius 2 is 0.403 bits per heavy atom. The molecule has 0 unspecified atom stereocenters. The Balaban J connectivity index is 0.000000254. The smallest absolute Gasteiger partial charge is 0.221 e. The van der Waals surface area contributed by atoms with E-state index in [4.69, 9.17) is 71.1 Å². The van der Waals surface area contributed by atoms with E-state index in [0.29, 0.717) is 0 Å². The minimum absolute atomic E-state index is 0.0538. The molecule has 10 aromatic rings. The number of hydrogen-bond donors (Lipinski definition) is 0. The fraction of sp³-hybridized carbons (Fsp3) is 0.528. The van der Waals surface area contributed by atoms with Crippen molar-refractivity contribution < 1.29 is 71.1 Å². The van der Waals surface area contributed by atoms with Crippen LogP contribution in [-0.2, 0) is 88.3 Å². The van der Waals surface area contributed by atoms with Crippen LogP contribution in [0.4, 0.5) is 22.7 Å². The third kappa shape index (κ3) is 36.4. The predicted octanol–water partition coefficient (Wildman–Crippen LogP) is 27.7. The molecule has 16 rings (SSSR count). The number of para-hydroxylation sites is 4. The van der Waals surface area contributed by atoms with Gasteiger partial charge in [-0.1, -0.05) is 274 Å².